The molecule has 0 fully saturated rings. The number of sulfone groups is 1. The maximum absolute atomic E-state index is 12.3. The van der Waals surface area contributed by atoms with Crippen LogP contribution in [-0.4, -0.2) is 14.5 Å². The lowest BCUT2D eigenvalue weighted by molar-refractivity contribution is 0.161. The highest BCUT2D eigenvalue weighted by Crippen LogP contribution is 2.16. The molecule has 0 aliphatic carbocycles. The van der Waals surface area contributed by atoms with Gasteiger partial charge in [0.1, 0.15) is 0 Å². The third kappa shape index (κ3) is 6.50. The van der Waals surface area contributed by atoms with E-state index in [1.165, 1.54) is 0 Å². The van der Waals surface area contributed by atoms with Gasteiger partial charge >= 0.3 is 0 Å². The molecule has 0 radical (unpaired) electrons. The smallest absolute Gasteiger partial charge is 0.204 e. The summed E-state index contributed by atoms with van der Waals surface area (Å²) >= 11 is 0. The van der Waals surface area contributed by atoms with Crippen LogP contribution in [0.1, 0.15) is 34.6 Å². The Kier molecular flexibility index (Phi) is 5.62. The van der Waals surface area contributed by atoms with Gasteiger partial charge in [0.25, 0.3) is 0 Å². The molecule has 0 bridgehead atoms. The van der Waals surface area contributed by atoms with Crippen LogP contribution in [0.3, 0.4) is 0 Å². The van der Waals surface area contributed by atoms with E-state index in [1.807, 2.05) is 34.6 Å². The van der Waals surface area contributed by atoms with Crippen molar-refractivity contribution in [3.05, 3.63) is 41.5 Å². The highest BCUT2D eigenvalue weighted by molar-refractivity contribution is 7.94. The Hall–Kier alpha value is -1.73. The number of hydrogen-bond acceptors (Lipinski definition) is 3. The summed E-state index contributed by atoms with van der Waals surface area (Å²) in [5.41, 5.74) is -0.226. The van der Waals surface area contributed by atoms with Crippen molar-refractivity contribution in [1.82, 2.24) is 0 Å². The molecule has 0 unspecified atom stereocenters. The van der Waals surface area contributed by atoms with Crippen molar-refractivity contribution < 1.29 is 13.2 Å². The van der Waals surface area contributed by atoms with E-state index in [9.17, 15) is 8.42 Å². The summed E-state index contributed by atoms with van der Waals surface area (Å²) in [4.78, 5) is 0.229. The van der Waals surface area contributed by atoms with Gasteiger partial charge in [-0.25, -0.2) is 8.42 Å². The molecule has 1 aromatic rings. The summed E-state index contributed by atoms with van der Waals surface area (Å²) in [6, 6.07) is 8.24. The van der Waals surface area contributed by atoms with Crippen molar-refractivity contribution in [2.75, 3.05) is 0 Å². The minimum atomic E-state index is -3.56. The summed E-state index contributed by atoms with van der Waals surface area (Å²) < 4.78 is 30.2. The average Bonchev–Trinajstić information content (AvgIpc) is 2.35. The zero-order valence-electron chi connectivity index (χ0n) is 13.2. The van der Waals surface area contributed by atoms with E-state index in [1.54, 1.807) is 30.3 Å². The Balaban J connectivity index is 3.21. The highest BCUT2D eigenvalue weighted by Gasteiger charge is 2.14. The number of ether oxygens (including phenoxy) is 1. The maximum Gasteiger partial charge on any atom is 0.204 e. The van der Waals surface area contributed by atoms with Crippen molar-refractivity contribution >= 4 is 9.84 Å². The quantitative estimate of drug-likeness (QED) is 0.628. The van der Waals surface area contributed by atoms with E-state index >= 15 is 0 Å². The predicted octanol–water partition coefficient (Wildman–Crippen LogP) is 3.78. The molecular formula is C17H22O3S. The normalized spacial score (nSPS) is 12.8. The predicted molar refractivity (Wildman–Crippen MR) is 85.2 cm³/mol. The minimum Gasteiger partial charge on any atom is -0.482 e. The largest absolute Gasteiger partial charge is 0.482 e. The molecule has 0 spiro atoms. The molecule has 3 nitrogen and oxygen atoms in total. The highest BCUT2D eigenvalue weighted by atomic mass is 32.2. The van der Waals surface area contributed by atoms with Crippen molar-refractivity contribution in [2.45, 2.75) is 45.6 Å². The number of benzene rings is 1. The molecule has 0 heterocycles. The second kappa shape index (κ2) is 6.82. The molecule has 0 aromatic heterocycles. The fourth-order valence-corrected chi connectivity index (χ4v) is 2.48. The van der Waals surface area contributed by atoms with Crippen molar-refractivity contribution in [2.24, 2.45) is 5.41 Å². The Morgan fingerprint density at radius 1 is 1.19 bits per heavy atom. The van der Waals surface area contributed by atoms with Gasteiger partial charge in [0.2, 0.25) is 9.84 Å². The summed E-state index contributed by atoms with van der Waals surface area (Å²) in [6.07, 6.45) is -0.142. The summed E-state index contributed by atoms with van der Waals surface area (Å²) in [6.45, 7) is 9.54. The van der Waals surface area contributed by atoms with Crippen LogP contribution in [0.5, 0.6) is 0 Å². The molecular weight excluding hydrogens is 284 g/mol. The topological polar surface area (TPSA) is 43.4 Å². The van der Waals surface area contributed by atoms with Gasteiger partial charge in [0.15, 0.2) is 5.76 Å². The second-order valence-corrected chi connectivity index (χ2v) is 7.80. The van der Waals surface area contributed by atoms with Crippen molar-refractivity contribution in [3.63, 3.8) is 0 Å². The molecule has 0 N–H and O–H groups in total. The van der Waals surface area contributed by atoms with Crippen LogP contribution in [0.25, 0.3) is 0 Å². The molecule has 0 saturated heterocycles. The minimum absolute atomic E-state index is 0.142. The van der Waals surface area contributed by atoms with Gasteiger partial charge in [-0.2, -0.15) is 0 Å². The van der Waals surface area contributed by atoms with Crippen LogP contribution in [0, 0.1) is 17.3 Å². The van der Waals surface area contributed by atoms with Gasteiger partial charge in [0.05, 0.1) is 16.4 Å². The first-order valence-corrected chi connectivity index (χ1v) is 8.36. The molecule has 0 saturated carbocycles. The SMILES string of the molecule is CC(C)O/C(C#CC(C)(C)C)=C\S(=O)(=O)c1ccccc1. The zero-order chi connectivity index (χ0) is 16.1. The van der Waals surface area contributed by atoms with E-state index in [-0.39, 0.29) is 22.2 Å². The summed E-state index contributed by atoms with van der Waals surface area (Å²) in [5.74, 6) is 5.99. The first kappa shape index (κ1) is 17.3. The molecule has 1 rings (SSSR count). The molecule has 4 heteroatoms. The lowest BCUT2D eigenvalue weighted by atomic mass is 9.98. The maximum atomic E-state index is 12.3. The van der Waals surface area contributed by atoms with E-state index in [0.29, 0.717) is 0 Å². The molecule has 0 aliphatic heterocycles. The molecule has 0 amide bonds. The van der Waals surface area contributed by atoms with Gasteiger partial charge < -0.3 is 4.74 Å². The standard InChI is InChI=1S/C17H22O3S/c1-14(2)20-15(11-12-17(3,4)5)13-21(18,19)16-9-7-6-8-10-16/h6-10,13-14H,1-5H3/b15-13-. The fourth-order valence-electron chi connectivity index (χ4n) is 1.41. The van der Waals surface area contributed by atoms with Crippen LogP contribution >= 0.6 is 0 Å². The first-order valence-electron chi connectivity index (χ1n) is 6.82. The van der Waals surface area contributed by atoms with Crippen molar-refractivity contribution in [1.29, 1.82) is 0 Å². The third-order valence-electron chi connectivity index (χ3n) is 2.26. The summed E-state index contributed by atoms with van der Waals surface area (Å²) in [5, 5.41) is 1.10. The van der Waals surface area contributed by atoms with E-state index < -0.39 is 9.84 Å². The van der Waals surface area contributed by atoms with Gasteiger partial charge in [-0.15, -0.1) is 0 Å². The lowest BCUT2D eigenvalue weighted by Gasteiger charge is -2.11. The first-order chi connectivity index (χ1) is 9.60. The van der Waals surface area contributed by atoms with Crippen molar-refractivity contribution in [3.8, 4) is 11.8 Å². The number of hydrogen-bond donors (Lipinski definition) is 0. The second-order valence-electron chi connectivity index (χ2n) is 6.01. The summed E-state index contributed by atoms with van der Waals surface area (Å²) in [7, 11) is -3.56. The molecule has 114 valence electrons. The van der Waals surface area contributed by atoms with Crippen LogP contribution < -0.4 is 0 Å². The van der Waals surface area contributed by atoms with E-state index in [4.69, 9.17) is 4.74 Å². The Labute approximate surface area is 127 Å². The number of rotatable bonds is 4. The fraction of sp³-hybridized carbons (Fsp3) is 0.412. The lowest BCUT2D eigenvalue weighted by Crippen LogP contribution is -2.06. The molecule has 0 atom stereocenters. The number of allylic oxidation sites excluding steroid dienone is 1. The van der Waals surface area contributed by atoms with Crippen LogP contribution in [0.2, 0.25) is 0 Å². The Bertz CT molecular complexity index is 651. The monoisotopic (exact) mass is 306 g/mol. The van der Waals surface area contributed by atoms with Crippen LogP contribution in [0.15, 0.2) is 46.4 Å². The van der Waals surface area contributed by atoms with Gasteiger partial charge in [-0.1, -0.05) is 24.1 Å². The van der Waals surface area contributed by atoms with E-state index in [0.717, 1.165) is 5.41 Å². The van der Waals surface area contributed by atoms with Gasteiger partial charge in [-0.3, -0.25) is 0 Å². The third-order valence-corrected chi connectivity index (χ3v) is 3.71. The van der Waals surface area contributed by atoms with Gasteiger partial charge in [-0.05, 0) is 52.7 Å². The molecule has 0 aliphatic rings. The van der Waals surface area contributed by atoms with E-state index in [2.05, 4.69) is 11.8 Å². The zero-order valence-corrected chi connectivity index (χ0v) is 14.0. The van der Waals surface area contributed by atoms with Gasteiger partial charge in [0, 0.05) is 5.41 Å². The molecule has 1 aromatic carbocycles. The Morgan fingerprint density at radius 2 is 1.76 bits per heavy atom. The Morgan fingerprint density at radius 3 is 2.24 bits per heavy atom. The van der Waals surface area contributed by atoms with Crippen LogP contribution in [0.4, 0.5) is 0 Å². The average molecular weight is 306 g/mol. The molecule has 21 heavy (non-hydrogen) atoms. The van der Waals surface area contributed by atoms with Crippen LogP contribution in [-0.2, 0) is 14.6 Å².